The quantitative estimate of drug-likeness (QED) is 0.785. The summed E-state index contributed by atoms with van der Waals surface area (Å²) in [6, 6.07) is 7.00. The molecule has 1 aromatic heterocycles. The van der Waals surface area contributed by atoms with Gasteiger partial charge in [-0.2, -0.15) is 0 Å². The molecule has 1 aliphatic rings. The summed E-state index contributed by atoms with van der Waals surface area (Å²) in [6.45, 7) is 3.38. The van der Waals surface area contributed by atoms with Gasteiger partial charge in [-0.3, -0.25) is 0 Å². The minimum absolute atomic E-state index is 0.0793. The Kier molecular flexibility index (Phi) is 5.55. The van der Waals surface area contributed by atoms with Crippen LogP contribution in [-0.2, 0) is 16.0 Å². The topological polar surface area (TPSA) is 89.8 Å². The SMILES string of the molecule is CCOC(=O)c1oc2ccccc2c1CNC(=O)NC[C@H]1CCCO1. The van der Waals surface area contributed by atoms with Crippen LogP contribution in [-0.4, -0.2) is 37.9 Å². The van der Waals surface area contributed by atoms with Crippen LogP contribution < -0.4 is 10.6 Å². The van der Waals surface area contributed by atoms with Crippen molar-refractivity contribution in [2.24, 2.45) is 0 Å². The molecule has 1 fully saturated rings. The van der Waals surface area contributed by atoms with Crippen LogP contribution in [0.1, 0.15) is 35.9 Å². The summed E-state index contributed by atoms with van der Waals surface area (Å²) < 4.78 is 16.1. The van der Waals surface area contributed by atoms with E-state index in [4.69, 9.17) is 13.9 Å². The molecule has 7 nitrogen and oxygen atoms in total. The number of rotatable bonds is 6. The van der Waals surface area contributed by atoms with Gasteiger partial charge in [-0.25, -0.2) is 9.59 Å². The largest absolute Gasteiger partial charge is 0.460 e. The van der Waals surface area contributed by atoms with Crippen LogP contribution in [0.3, 0.4) is 0 Å². The van der Waals surface area contributed by atoms with Gasteiger partial charge in [0.1, 0.15) is 5.58 Å². The molecule has 1 saturated heterocycles. The molecule has 1 atom stereocenters. The summed E-state index contributed by atoms with van der Waals surface area (Å²) in [7, 11) is 0. The molecular formula is C18H22N2O5. The van der Waals surface area contributed by atoms with Crippen molar-refractivity contribution < 1.29 is 23.5 Å². The van der Waals surface area contributed by atoms with Crippen molar-refractivity contribution in [1.82, 2.24) is 10.6 Å². The third kappa shape index (κ3) is 4.11. The molecule has 1 aromatic carbocycles. The van der Waals surface area contributed by atoms with E-state index < -0.39 is 5.97 Å². The molecule has 0 spiro atoms. The Hall–Kier alpha value is -2.54. The third-order valence-corrected chi connectivity index (χ3v) is 4.10. The first-order valence-electron chi connectivity index (χ1n) is 8.50. The van der Waals surface area contributed by atoms with Crippen LogP contribution in [0, 0.1) is 0 Å². The van der Waals surface area contributed by atoms with Gasteiger partial charge in [0.25, 0.3) is 0 Å². The van der Waals surface area contributed by atoms with Gasteiger partial charge < -0.3 is 24.5 Å². The van der Waals surface area contributed by atoms with Gasteiger partial charge in [0.2, 0.25) is 5.76 Å². The van der Waals surface area contributed by atoms with Crippen molar-refractivity contribution in [3.63, 3.8) is 0 Å². The molecule has 0 saturated carbocycles. The highest BCUT2D eigenvalue weighted by Gasteiger charge is 2.22. The third-order valence-electron chi connectivity index (χ3n) is 4.10. The van der Waals surface area contributed by atoms with Crippen LogP contribution in [0.25, 0.3) is 11.0 Å². The highest BCUT2D eigenvalue weighted by Crippen LogP contribution is 2.26. The Balaban J connectivity index is 1.67. The van der Waals surface area contributed by atoms with Crippen LogP contribution in [0.2, 0.25) is 0 Å². The molecule has 0 radical (unpaired) electrons. The van der Waals surface area contributed by atoms with E-state index in [1.165, 1.54) is 0 Å². The predicted octanol–water partition coefficient (Wildman–Crippen LogP) is 2.59. The average molecular weight is 346 g/mol. The standard InChI is InChI=1S/C18H22N2O5/c1-2-23-17(21)16-14(13-7-3-4-8-15(13)25-16)11-20-18(22)19-10-12-6-5-9-24-12/h3-4,7-8,12H,2,5-6,9-11H2,1H3,(H2,19,20,22)/t12-/m1/s1. The van der Waals surface area contributed by atoms with Crippen LogP contribution >= 0.6 is 0 Å². The molecule has 0 aliphatic carbocycles. The monoisotopic (exact) mass is 346 g/mol. The summed E-state index contributed by atoms with van der Waals surface area (Å²) in [6.07, 6.45) is 2.06. The Morgan fingerprint density at radius 3 is 2.88 bits per heavy atom. The normalized spacial score (nSPS) is 16.8. The molecule has 0 bridgehead atoms. The maximum Gasteiger partial charge on any atom is 0.374 e. The maximum atomic E-state index is 12.1. The minimum atomic E-state index is -0.532. The summed E-state index contributed by atoms with van der Waals surface area (Å²) in [5.74, 6) is -0.405. The lowest BCUT2D eigenvalue weighted by Gasteiger charge is -2.11. The fourth-order valence-corrected chi connectivity index (χ4v) is 2.88. The number of fused-ring (bicyclic) bond motifs is 1. The van der Waals surface area contributed by atoms with Gasteiger partial charge >= 0.3 is 12.0 Å². The van der Waals surface area contributed by atoms with Crippen molar-refractivity contribution in [1.29, 1.82) is 0 Å². The van der Waals surface area contributed by atoms with Gasteiger partial charge in [0.05, 0.1) is 12.7 Å². The second kappa shape index (κ2) is 8.02. The lowest BCUT2D eigenvalue weighted by atomic mass is 10.1. The molecule has 25 heavy (non-hydrogen) atoms. The summed E-state index contributed by atoms with van der Waals surface area (Å²) in [5, 5.41) is 6.33. The van der Waals surface area contributed by atoms with Gasteiger partial charge in [0.15, 0.2) is 0 Å². The molecule has 2 N–H and O–H groups in total. The van der Waals surface area contributed by atoms with Crippen molar-refractivity contribution in [2.75, 3.05) is 19.8 Å². The number of benzene rings is 1. The number of ether oxygens (including phenoxy) is 2. The van der Waals surface area contributed by atoms with E-state index in [9.17, 15) is 9.59 Å². The van der Waals surface area contributed by atoms with Crippen LogP contribution in [0.15, 0.2) is 28.7 Å². The van der Waals surface area contributed by atoms with Gasteiger partial charge in [-0.15, -0.1) is 0 Å². The highest BCUT2D eigenvalue weighted by molar-refractivity contribution is 5.96. The van der Waals surface area contributed by atoms with Gasteiger partial charge in [-0.05, 0) is 25.8 Å². The van der Waals surface area contributed by atoms with E-state index in [0.717, 1.165) is 24.8 Å². The van der Waals surface area contributed by atoms with Gasteiger partial charge in [-0.1, -0.05) is 18.2 Å². The second-order valence-corrected chi connectivity index (χ2v) is 5.82. The number of amides is 2. The second-order valence-electron chi connectivity index (χ2n) is 5.82. The number of furan rings is 1. The smallest absolute Gasteiger partial charge is 0.374 e. The molecule has 2 aromatic rings. The zero-order valence-corrected chi connectivity index (χ0v) is 14.2. The predicted molar refractivity (Wildman–Crippen MR) is 91.4 cm³/mol. The fourth-order valence-electron chi connectivity index (χ4n) is 2.88. The molecule has 2 heterocycles. The first-order chi connectivity index (χ1) is 12.2. The number of esters is 1. The van der Waals surface area contributed by atoms with Gasteiger partial charge in [0, 0.05) is 30.6 Å². The minimum Gasteiger partial charge on any atom is -0.460 e. The number of para-hydroxylation sites is 1. The zero-order valence-electron chi connectivity index (χ0n) is 14.2. The first kappa shape index (κ1) is 17.3. The maximum absolute atomic E-state index is 12.1. The van der Waals surface area contributed by atoms with E-state index in [1.54, 1.807) is 13.0 Å². The van der Waals surface area contributed by atoms with Crippen molar-refractivity contribution in [2.45, 2.75) is 32.4 Å². The van der Waals surface area contributed by atoms with Crippen molar-refractivity contribution >= 4 is 23.0 Å². The summed E-state index contributed by atoms with van der Waals surface area (Å²) in [5.41, 5.74) is 1.20. The van der Waals surface area contributed by atoms with E-state index >= 15 is 0 Å². The Labute approximate surface area is 145 Å². The van der Waals surface area contributed by atoms with E-state index in [-0.39, 0.29) is 31.0 Å². The number of carbonyl (C=O) groups excluding carboxylic acids is 2. The molecule has 134 valence electrons. The average Bonchev–Trinajstić information content (AvgIpc) is 3.26. The van der Waals surface area contributed by atoms with Crippen molar-refractivity contribution in [3.8, 4) is 0 Å². The molecule has 7 heteroatoms. The molecule has 2 amide bonds. The van der Waals surface area contributed by atoms with Crippen LogP contribution in [0.4, 0.5) is 4.79 Å². The zero-order chi connectivity index (χ0) is 17.6. The first-order valence-corrected chi connectivity index (χ1v) is 8.50. The number of hydrogen-bond donors (Lipinski definition) is 2. The molecular weight excluding hydrogens is 324 g/mol. The Morgan fingerprint density at radius 2 is 2.12 bits per heavy atom. The van der Waals surface area contributed by atoms with E-state index in [1.807, 2.05) is 18.2 Å². The van der Waals surface area contributed by atoms with Crippen LogP contribution in [0.5, 0.6) is 0 Å². The molecule has 1 aliphatic heterocycles. The number of hydrogen-bond acceptors (Lipinski definition) is 5. The Morgan fingerprint density at radius 1 is 1.28 bits per heavy atom. The van der Waals surface area contributed by atoms with E-state index in [2.05, 4.69) is 10.6 Å². The highest BCUT2D eigenvalue weighted by atomic mass is 16.5. The molecule has 0 unspecified atom stereocenters. The molecule has 3 rings (SSSR count). The Bertz CT molecular complexity index is 749. The fraction of sp³-hybridized carbons (Fsp3) is 0.444. The number of urea groups is 1. The lowest BCUT2D eigenvalue weighted by molar-refractivity contribution is 0.0490. The number of nitrogens with one attached hydrogen (secondary N) is 2. The van der Waals surface area contributed by atoms with E-state index in [0.29, 0.717) is 17.7 Å². The summed E-state index contributed by atoms with van der Waals surface area (Å²) >= 11 is 0. The van der Waals surface area contributed by atoms with Crippen molar-refractivity contribution in [3.05, 3.63) is 35.6 Å². The lowest BCUT2D eigenvalue weighted by Crippen LogP contribution is -2.39. The number of carbonyl (C=O) groups is 2. The summed E-state index contributed by atoms with van der Waals surface area (Å²) in [4.78, 5) is 24.1.